The molecule has 2 heterocycles. The molecule has 0 saturated carbocycles. The van der Waals surface area contributed by atoms with E-state index in [1.54, 1.807) is 24.3 Å². The second-order valence-corrected chi connectivity index (χ2v) is 4.32. The van der Waals surface area contributed by atoms with Crippen molar-refractivity contribution in [1.82, 2.24) is 4.98 Å². The number of rotatable bonds is 1. The van der Waals surface area contributed by atoms with Crippen molar-refractivity contribution in [2.45, 2.75) is 6.92 Å². The van der Waals surface area contributed by atoms with Crippen LogP contribution in [0, 0.1) is 6.92 Å². The number of fused-ring (bicyclic) bond motifs is 1. The molecule has 0 atom stereocenters. The first-order chi connectivity index (χ1) is 8.65. The highest BCUT2D eigenvalue weighted by molar-refractivity contribution is 6.34. The van der Waals surface area contributed by atoms with Crippen LogP contribution in [0.15, 0.2) is 30.5 Å². The average Bonchev–Trinajstić information content (AvgIpc) is 2.86. The molecule has 1 aliphatic heterocycles. The van der Waals surface area contributed by atoms with E-state index < -0.39 is 0 Å². The third-order valence-corrected chi connectivity index (χ3v) is 3.07. The van der Waals surface area contributed by atoms with E-state index in [9.17, 15) is 9.90 Å². The van der Waals surface area contributed by atoms with Crippen molar-refractivity contribution >= 4 is 23.2 Å². The van der Waals surface area contributed by atoms with Gasteiger partial charge in [0.15, 0.2) is 0 Å². The van der Waals surface area contributed by atoms with E-state index in [0.29, 0.717) is 5.57 Å². The van der Waals surface area contributed by atoms with Crippen LogP contribution in [-0.4, -0.2) is 16.0 Å². The predicted octanol–water partition coefficient (Wildman–Crippen LogP) is 2.52. The number of amides is 1. The molecule has 0 spiro atoms. The molecule has 0 aliphatic carbocycles. The third-order valence-electron chi connectivity index (χ3n) is 3.07. The predicted molar refractivity (Wildman–Crippen MR) is 70.1 cm³/mol. The van der Waals surface area contributed by atoms with Crippen LogP contribution in [-0.2, 0) is 4.79 Å². The summed E-state index contributed by atoms with van der Waals surface area (Å²) in [6.45, 7) is 1.97. The average molecular weight is 240 g/mol. The molecule has 1 amide bonds. The van der Waals surface area contributed by atoms with Gasteiger partial charge in [0.05, 0.1) is 5.57 Å². The van der Waals surface area contributed by atoms with Gasteiger partial charge in [0.25, 0.3) is 5.91 Å². The minimum absolute atomic E-state index is 0.149. The highest BCUT2D eigenvalue weighted by atomic mass is 16.3. The number of nitrogens with one attached hydrogen (secondary N) is 2. The topological polar surface area (TPSA) is 65.1 Å². The van der Waals surface area contributed by atoms with Gasteiger partial charge in [-0.3, -0.25) is 4.79 Å². The van der Waals surface area contributed by atoms with Crippen LogP contribution in [0.1, 0.15) is 16.8 Å². The van der Waals surface area contributed by atoms with Gasteiger partial charge in [-0.05, 0) is 42.8 Å². The fourth-order valence-electron chi connectivity index (χ4n) is 2.08. The Balaban J connectivity index is 2.14. The Morgan fingerprint density at radius 1 is 1.28 bits per heavy atom. The van der Waals surface area contributed by atoms with Gasteiger partial charge in [-0.25, -0.2) is 0 Å². The smallest absolute Gasteiger partial charge is 0.256 e. The molecule has 0 bridgehead atoms. The van der Waals surface area contributed by atoms with E-state index >= 15 is 0 Å². The van der Waals surface area contributed by atoms with Gasteiger partial charge in [0, 0.05) is 23.1 Å². The largest absolute Gasteiger partial charge is 0.508 e. The zero-order valence-electron chi connectivity index (χ0n) is 9.82. The van der Waals surface area contributed by atoms with Gasteiger partial charge < -0.3 is 15.4 Å². The molecule has 4 nitrogen and oxygen atoms in total. The summed E-state index contributed by atoms with van der Waals surface area (Å²) in [5.74, 6) is 0.00366. The maximum absolute atomic E-state index is 11.9. The Bertz CT molecular complexity index is 668. The van der Waals surface area contributed by atoms with E-state index in [1.807, 2.05) is 19.2 Å². The SMILES string of the molecule is Cc1cc[nH]c1/C=C1\C(=O)Nc2ccc(O)cc21. The number of aryl methyl sites for hydroxylation is 1. The van der Waals surface area contributed by atoms with Crippen LogP contribution < -0.4 is 5.32 Å². The fraction of sp³-hybridized carbons (Fsp3) is 0.0714. The first-order valence-corrected chi connectivity index (χ1v) is 5.65. The van der Waals surface area contributed by atoms with E-state index in [1.165, 1.54) is 0 Å². The van der Waals surface area contributed by atoms with Gasteiger partial charge in [-0.2, -0.15) is 0 Å². The van der Waals surface area contributed by atoms with E-state index in [4.69, 9.17) is 0 Å². The monoisotopic (exact) mass is 240 g/mol. The molecular formula is C14H12N2O2. The summed E-state index contributed by atoms with van der Waals surface area (Å²) >= 11 is 0. The van der Waals surface area contributed by atoms with E-state index in [0.717, 1.165) is 22.5 Å². The molecule has 1 aromatic heterocycles. The molecule has 0 saturated heterocycles. The first kappa shape index (κ1) is 10.7. The van der Waals surface area contributed by atoms with Gasteiger partial charge in [-0.15, -0.1) is 0 Å². The maximum atomic E-state index is 11.9. The van der Waals surface area contributed by atoms with E-state index in [2.05, 4.69) is 10.3 Å². The van der Waals surface area contributed by atoms with Gasteiger partial charge in [0.1, 0.15) is 5.75 Å². The van der Waals surface area contributed by atoms with Crippen LogP contribution >= 0.6 is 0 Å². The number of phenolic OH excluding ortho intramolecular Hbond substituents is 1. The Hall–Kier alpha value is -2.49. The lowest BCUT2D eigenvalue weighted by Gasteiger charge is -1.99. The molecule has 4 heteroatoms. The molecule has 0 radical (unpaired) electrons. The fourth-order valence-corrected chi connectivity index (χ4v) is 2.08. The summed E-state index contributed by atoms with van der Waals surface area (Å²) in [5.41, 5.74) is 3.99. The third kappa shape index (κ3) is 1.59. The summed E-state index contributed by atoms with van der Waals surface area (Å²) in [6.07, 6.45) is 3.63. The van der Waals surface area contributed by atoms with E-state index in [-0.39, 0.29) is 11.7 Å². The summed E-state index contributed by atoms with van der Waals surface area (Å²) in [4.78, 5) is 15.0. The number of aromatic hydroxyl groups is 1. The molecule has 0 fully saturated rings. The zero-order valence-corrected chi connectivity index (χ0v) is 9.82. The van der Waals surface area contributed by atoms with Crippen molar-refractivity contribution in [3.63, 3.8) is 0 Å². The summed E-state index contributed by atoms with van der Waals surface area (Å²) in [6, 6.07) is 6.80. The first-order valence-electron chi connectivity index (χ1n) is 5.65. The Morgan fingerprint density at radius 2 is 2.11 bits per heavy atom. The van der Waals surface area contributed by atoms with Crippen LogP contribution in [0.25, 0.3) is 11.6 Å². The lowest BCUT2D eigenvalue weighted by atomic mass is 10.0. The highest BCUT2D eigenvalue weighted by Gasteiger charge is 2.24. The van der Waals surface area contributed by atoms with Crippen LogP contribution in [0.4, 0.5) is 5.69 Å². The number of aromatic nitrogens is 1. The highest BCUT2D eigenvalue weighted by Crippen LogP contribution is 2.35. The van der Waals surface area contributed by atoms with Crippen LogP contribution in [0.3, 0.4) is 0 Å². The molecule has 2 aromatic rings. The molecule has 1 aliphatic rings. The second kappa shape index (κ2) is 3.77. The van der Waals surface area contributed by atoms with Crippen molar-refractivity contribution in [1.29, 1.82) is 0 Å². The Labute approximate surface area is 104 Å². The number of aromatic amines is 1. The molecule has 18 heavy (non-hydrogen) atoms. The molecular weight excluding hydrogens is 228 g/mol. The number of benzene rings is 1. The number of anilines is 1. The van der Waals surface area contributed by atoms with Gasteiger partial charge in [0.2, 0.25) is 0 Å². The normalized spacial score (nSPS) is 15.8. The lowest BCUT2D eigenvalue weighted by Crippen LogP contribution is -2.03. The van der Waals surface area contributed by atoms with Crippen molar-refractivity contribution in [2.24, 2.45) is 0 Å². The minimum Gasteiger partial charge on any atom is -0.508 e. The molecule has 90 valence electrons. The number of carbonyl (C=O) groups is 1. The summed E-state index contributed by atoms with van der Waals surface area (Å²) in [5, 5.41) is 12.3. The number of hydrogen-bond acceptors (Lipinski definition) is 2. The van der Waals surface area contributed by atoms with Crippen molar-refractivity contribution in [3.05, 3.63) is 47.3 Å². The molecule has 3 N–H and O–H groups in total. The Kier molecular flexibility index (Phi) is 2.23. The van der Waals surface area contributed by atoms with Gasteiger partial charge >= 0.3 is 0 Å². The van der Waals surface area contributed by atoms with Crippen molar-refractivity contribution in [2.75, 3.05) is 5.32 Å². The standard InChI is InChI=1S/C14H12N2O2/c1-8-4-5-15-13(8)7-11-10-6-9(17)2-3-12(10)16-14(11)18/h2-7,15,17H,1H3,(H,16,18)/b11-7-. The van der Waals surface area contributed by atoms with Crippen molar-refractivity contribution in [3.8, 4) is 5.75 Å². The maximum Gasteiger partial charge on any atom is 0.256 e. The van der Waals surface area contributed by atoms with Gasteiger partial charge in [-0.1, -0.05) is 0 Å². The quantitative estimate of drug-likeness (QED) is 0.529. The van der Waals surface area contributed by atoms with Crippen LogP contribution in [0.5, 0.6) is 5.75 Å². The number of carbonyl (C=O) groups excluding carboxylic acids is 1. The second-order valence-electron chi connectivity index (χ2n) is 4.32. The zero-order chi connectivity index (χ0) is 12.7. The summed E-state index contributed by atoms with van der Waals surface area (Å²) < 4.78 is 0. The number of H-pyrrole nitrogens is 1. The molecule has 3 rings (SSSR count). The number of phenols is 1. The molecule has 0 unspecified atom stereocenters. The lowest BCUT2D eigenvalue weighted by molar-refractivity contribution is -0.110. The molecule has 1 aromatic carbocycles. The van der Waals surface area contributed by atoms with Crippen LogP contribution in [0.2, 0.25) is 0 Å². The van der Waals surface area contributed by atoms with Crippen molar-refractivity contribution < 1.29 is 9.90 Å². The minimum atomic E-state index is -0.149. The Morgan fingerprint density at radius 3 is 2.83 bits per heavy atom. The number of hydrogen-bond donors (Lipinski definition) is 3. The summed E-state index contributed by atoms with van der Waals surface area (Å²) in [7, 11) is 0.